The van der Waals surface area contributed by atoms with Crippen LogP contribution < -0.4 is 4.74 Å². The molecule has 0 radical (unpaired) electrons. The number of carbonyl (C=O) groups is 2. The number of amides is 2. The summed E-state index contributed by atoms with van der Waals surface area (Å²) < 4.78 is 5.06. The van der Waals surface area contributed by atoms with E-state index in [4.69, 9.17) is 16.3 Å². The Morgan fingerprint density at radius 1 is 1.39 bits per heavy atom. The molecule has 0 aromatic heterocycles. The normalized spacial score (nSPS) is 17.2. The number of nitrogens with zero attached hydrogens (tertiary/aromatic N) is 3. The first kappa shape index (κ1) is 21.7. The summed E-state index contributed by atoms with van der Waals surface area (Å²) in [5.74, 6) is -0.392. The van der Waals surface area contributed by atoms with E-state index < -0.39 is 28.2 Å². The molecular formula is C18H24ClN3O6. The number of hydrogen-bond donors (Lipinski definition) is 1. The van der Waals surface area contributed by atoms with Crippen LogP contribution in [0.1, 0.15) is 44.0 Å². The predicted octanol–water partition coefficient (Wildman–Crippen LogP) is 3.64. The van der Waals surface area contributed by atoms with E-state index >= 15 is 0 Å². The third kappa shape index (κ3) is 4.46. The van der Waals surface area contributed by atoms with E-state index in [1.165, 1.54) is 23.0 Å². The summed E-state index contributed by atoms with van der Waals surface area (Å²) in [6.07, 6.45) is 0.219. The molecule has 1 saturated heterocycles. The van der Waals surface area contributed by atoms with Gasteiger partial charge in [0.05, 0.1) is 23.6 Å². The van der Waals surface area contributed by atoms with Gasteiger partial charge in [-0.2, -0.15) is 0 Å². The van der Waals surface area contributed by atoms with Crippen molar-refractivity contribution in [3.63, 3.8) is 0 Å². The van der Waals surface area contributed by atoms with Gasteiger partial charge in [-0.3, -0.25) is 19.8 Å². The highest BCUT2D eigenvalue weighted by Gasteiger charge is 2.37. The molecule has 0 aliphatic carbocycles. The number of hydrogen-bond acceptors (Lipinski definition) is 5. The number of likely N-dealkylation sites (tertiary alicyclic amines) is 1. The van der Waals surface area contributed by atoms with Crippen LogP contribution >= 0.6 is 11.6 Å². The molecule has 1 unspecified atom stereocenters. The number of rotatable bonds is 4. The van der Waals surface area contributed by atoms with Gasteiger partial charge in [0.1, 0.15) is 5.75 Å². The maximum atomic E-state index is 13.0. The molecule has 1 aromatic rings. The highest BCUT2D eigenvalue weighted by atomic mass is 35.5. The smallest absolute Gasteiger partial charge is 0.408 e. The Kier molecular flexibility index (Phi) is 6.38. The SMILES string of the molecule is COc1cc(C(=O)N2CCCC(N(C(=O)O)C(C)(C)C)C2)cc([N+](=O)[O-])c1Cl. The number of carbonyl (C=O) groups excluding carboxylic acids is 1. The van der Waals surface area contributed by atoms with Crippen molar-refractivity contribution in [3.05, 3.63) is 32.8 Å². The topological polar surface area (TPSA) is 113 Å². The number of nitro groups is 1. The van der Waals surface area contributed by atoms with Gasteiger partial charge in [0.25, 0.3) is 11.6 Å². The number of ether oxygens (including phenoxy) is 1. The summed E-state index contributed by atoms with van der Waals surface area (Å²) in [5, 5.41) is 20.7. The molecule has 1 fully saturated rings. The lowest BCUT2D eigenvalue weighted by Crippen LogP contribution is -2.57. The van der Waals surface area contributed by atoms with E-state index in [0.717, 1.165) is 6.07 Å². The van der Waals surface area contributed by atoms with Gasteiger partial charge in [0.15, 0.2) is 5.02 Å². The Bertz CT molecular complexity index is 792. The van der Waals surface area contributed by atoms with Gasteiger partial charge in [0, 0.05) is 24.7 Å². The third-order valence-electron chi connectivity index (χ3n) is 4.66. The minimum Gasteiger partial charge on any atom is -0.495 e. The molecule has 1 aromatic carbocycles. The van der Waals surface area contributed by atoms with Gasteiger partial charge in [-0.1, -0.05) is 11.6 Å². The van der Waals surface area contributed by atoms with E-state index in [1.807, 2.05) is 0 Å². The monoisotopic (exact) mass is 413 g/mol. The van der Waals surface area contributed by atoms with E-state index in [2.05, 4.69) is 0 Å². The molecule has 1 heterocycles. The first-order valence-corrected chi connectivity index (χ1v) is 9.18. The molecule has 28 heavy (non-hydrogen) atoms. The molecule has 1 atom stereocenters. The van der Waals surface area contributed by atoms with Crippen LogP contribution in [0.5, 0.6) is 5.75 Å². The molecule has 2 amide bonds. The molecule has 0 spiro atoms. The van der Waals surface area contributed by atoms with Crippen LogP contribution in [0, 0.1) is 10.1 Å². The molecule has 154 valence electrons. The Balaban J connectivity index is 2.33. The lowest BCUT2D eigenvalue weighted by atomic mass is 9.97. The summed E-state index contributed by atoms with van der Waals surface area (Å²) in [4.78, 5) is 38.2. The Labute approximate surface area is 168 Å². The van der Waals surface area contributed by atoms with Crippen LogP contribution in [-0.4, -0.2) is 63.6 Å². The third-order valence-corrected chi connectivity index (χ3v) is 5.04. The minimum atomic E-state index is -1.05. The highest BCUT2D eigenvalue weighted by molar-refractivity contribution is 6.34. The van der Waals surface area contributed by atoms with Crippen molar-refractivity contribution in [1.82, 2.24) is 9.80 Å². The highest BCUT2D eigenvalue weighted by Crippen LogP contribution is 2.36. The van der Waals surface area contributed by atoms with Crippen LogP contribution in [0.15, 0.2) is 12.1 Å². The standard InChI is InChI=1S/C18H24ClN3O6/c1-18(2,3)21(17(24)25)12-6-5-7-20(10-12)16(23)11-8-13(22(26)27)15(19)14(9-11)28-4/h8-9,12H,5-7,10H2,1-4H3,(H,24,25). The van der Waals surface area contributed by atoms with Crippen LogP contribution in [0.3, 0.4) is 0 Å². The Hall–Kier alpha value is -2.55. The Morgan fingerprint density at radius 2 is 2.04 bits per heavy atom. The quantitative estimate of drug-likeness (QED) is 0.595. The molecule has 0 saturated carbocycles. The lowest BCUT2D eigenvalue weighted by molar-refractivity contribution is -0.384. The number of piperidine rings is 1. The molecule has 10 heteroatoms. The van der Waals surface area contributed by atoms with Crippen LogP contribution in [0.4, 0.5) is 10.5 Å². The maximum absolute atomic E-state index is 13.0. The second-order valence-corrected chi connectivity index (χ2v) is 8.02. The lowest BCUT2D eigenvalue weighted by Gasteiger charge is -2.44. The van der Waals surface area contributed by atoms with Crippen LogP contribution in [0.2, 0.25) is 5.02 Å². The average Bonchev–Trinajstić information content (AvgIpc) is 2.59. The summed E-state index contributed by atoms with van der Waals surface area (Å²) in [6, 6.07) is 2.12. The van der Waals surface area contributed by atoms with Crippen molar-refractivity contribution in [2.45, 2.75) is 45.2 Å². The van der Waals surface area contributed by atoms with Gasteiger partial charge < -0.3 is 14.7 Å². The zero-order chi connectivity index (χ0) is 21.2. The first-order valence-electron chi connectivity index (χ1n) is 8.80. The molecule has 1 aliphatic heterocycles. The number of benzene rings is 1. The van der Waals surface area contributed by atoms with Gasteiger partial charge in [-0.25, -0.2) is 4.79 Å². The van der Waals surface area contributed by atoms with Crippen LogP contribution in [0.25, 0.3) is 0 Å². The van der Waals surface area contributed by atoms with Gasteiger partial charge >= 0.3 is 6.09 Å². The van der Waals surface area contributed by atoms with Crippen molar-refractivity contribution in [2.75, 3.05) is 20.2 Å². The summed E-state index contributed by atoms with van der Waals surface area (Å²) in [7, 11) is 1.31. The van der Waals surface area contributed by atoms with E-state index in [1.54, 1.807) is 20.8 Å². The zero-order valence-corrected chi connectivity index (χ0v) is 17.0. The van der Waals surface area contributed by atoms with Crippen molar-refractivity contribution in [3.8, 4) is 5.75 Å². The number of carboxylic acid groups (broad SMARTS) is 1. The van der Waals surface area contributed by atoms with E-state index in [-0.39, 0.29) is 28.9 Å². The Morgan fingerprint density at radius 3 is 2.54 bits per heavy atom. The molecule has 2 rings (SSSR count). The summed E-state index contributed by atoms with van der Waals surface area (Å²) >= 11 is 5.95. The fourth-order valence-corrected chi connectivity index (χ4v) is 3.77. The average molecular weight is 414 g/mol. The zero-order valence-electron chi connectivity index (χ0n) is 16.3. The molecular weight excluding hydrogens is 390 g/mol. The van der Waals surface area contributed by atoms with Crippen molar-refractivity contribution in [2.24, 2.45) is 0 Å². The fraction of sp³-hybridized carbons (Fsp3) is 0.556. The number of nitro benzene ring substituents is 1. The summed E-state index contributed by atoms with van der Waals surface area (Å²) in [6.45, 7) is 6.05. The molecule has 1 aliphatic rings. The second kappa shape index (κ2) is 8.22. The van der Waals surface area contributed by atoms with Gasteiger partial charge in [-0.15, -0.1) is 0 Å². The minimum absolute atomic E-state index is 0.0367. The van der Waals surface area contributed by atoms with Gasteiger partial charge in [0.2, 0.25) is 0 Å². The second-order valence-electron chi connectivity index (χ2n) is 7.64. The van der Waals surface area contributed by atoms with E-state index in [9.17, 15) is 24.8 Å². The number of methoxy groups -OCH3 is 1. The van der Waals surface area contributed by atoms with E-state index in [0.29, 0.717) is 19.4 Å². The number of halogens is 1. The van der Waals surface area contributed by atoms with Crippen molar-refractivity contribution in [1.29, 1.82) is 0 Å². The largest absolute Gasteiger partial charge is 0.495 e. The van der Waals surface area contributed by atoms with Crippen molar-refractivity contribution < 1.29 is 24.4 Å². The van der Waals surface area contributed by atoms with Crippen LogP contribution in [-0.2, 0) is 0 Å². The maximum Gasteiger partial charge on any atom is 0.408 e. The van der Waals surface area contributed by atoms with Crippen molar-refractivity contribution >= 4 is 29.3 Å². The fourth-order valence-electron chi connectivity index (χ4n) is 3.51. The predicted molar refractivity (Wildman–Crippen MR) is 103 cm³/mol. The molecule has 0 bridgehead atoms. The molecule has 9 nitrogen and oxygen atoms in total. The first-order chi connectivity index (χ1) is 13.0. The van der Waals surface area contributed by atoms with Gasteiger partial charge in [-0.05, 0) is 39.7 Å². The summed E-state index contributed by atoms with van der Waals surface area (Å²) in [5.41, 5.74) is -0.962. The molecule has 1 N–H and O–H groups in total.